The first-order valence-corrected chi connectivity index (χ1v) is 7.88. The monoisotopic (exact) mass is 272 g/mol. The molecular weight excluding hydrogens is 248 g/mol. The highest BCUT2D eigenvalue weighted by atomic mass is 16.2. The molecule has 2 fully saturated rings. The number of nitrogens with zero attached hydrogens (tertiary/aromatic N) is 1. The van der Waals surface area contributed by atoms with Gasteiger partial charge in [0.1, 0.15) is 0 Å². The predicted molar refractivity (Wildman–Crippen MR) is 81.3 cm³/mol. The number of likely N-dealkylation sites (tertiary alicyclic amines) is 1. The van der Waals surface area contributed by atoms with Crippen molar-refractivity contribution in [3.63, 3.8) is 0 Å². The topological polar surface area (TPSA) is 46.3 Å². The van der Waals surface area contributed by atoms with Gasteiger partial charge in [-0.05, 0) is 49.3 Å². The Kier molecular flexibility index (Phi) is 3.95. The molecule has 1 amide bonds. The van der Waals surface area contributed by atoms with Crippen molar-refractivity contribution in [1.82, 2.24) is 4.90 Å². The number of benzene rings is 1. The molecule has 108 valence electrons. The lowest BCUT2D eigenvalue weighted by Gasteiger charge is -2.31. The molecule has 1 aromatic carbocycles. The molecule has 3 rings (SSSR count). The number of nitrogen functional groups attached to an aromatic ring is 1. The van der Waals surface area contributed by atoms with Crippen molar-refractivity contribution < 1.29 is 4.79 Å². The van der Waals surface area contributed by atoms with Gasteiger partial charge in [-0.25, -0.2) is 0 Å². The Morgan fingerprint density at radius 1 is 1.25 bits per heavy atom. The zero-order valence-electron chi connectivity index (χ0n) is 12.1. The second-order valence-corrected chi connectivity index (χ2v) is 6.23. The smallest absolute Gasteiger partial charge is 0.223 e. The SMILES string of the molecule is Nc1cccc(CCC(=O)N2CCC3CCCCC32)c1. The van der Waals surface area contributed by atoms with Gasteiger partial charge < -0.3 is 10.6 Å². The van der Waals surface area contributed by atoms with E-state index in [9.17, 15) is 4.79 Å². The van der Waals surface area contributed by atoms with Crippen LogP contribution in [0.15, 0.2) is 24.3 Å². The molecule has 0 radical (unpaired) electrons. The van der Waals surface area contributed by atoms with Crippen molar-refractivity contribution in [2.24, 2.45) is 5.92 Å². The minimum Gasteiger partial charge on any atom is -0.399 e. The van der Waals surface area contributed by atoms with Gasteiger partial charge in [-0.2, -0.15) is 0 Å². The fourth-order valence-electron chi connectivity index (χ4n) is 3.86. The Morgan fingerprint density at radius 2 is 2.10 bits per heavy atom. The standard InChI is InChI=1S/C17H24N2O/c18-15-6-3-4-13(12-15)8-9-17(20)19-11-10-14-5-1-2-7-16(14)19/h3-4,6,12,14,16H,1-2,5,7-11,18H2. The number of anilines is 1. The molecule has 1 saturated carbocycles. The largest absolute Gasteiger partial charge is 0.399 e. The van der Waals surface area contributed by atoms with Gasteiger partial charge in [0.25, 0.3) is 0 Å². The normalized spacial score (nSPS) is 25.5. The van der Waals surface area contributed by atoms with Crippen LogP contribution in [0.1, 0.15) is 44.1 Å². The fourth-order valence-corrected chi connectivity index (χ4v) is 3.86. The molecule has 1 aliphatic carbocycles. The highest BCUT2D eigenvalue weighted by Crippen LogP contribution is 2.36. The second kappa shape index (κ2) is 5.86. The van der Waals surface area contributed by atoms with Crippen molar-refractivity contribution in [3.8, 4) is 0 Å². The zero-order chi connectivity index (χ0) is 13.9. The van der Waals surface area contributed by atoms with E-state index in [1.807, 2.05) is 18.2 Å². The summed E-state index contributed by atoms with van der Waals surface area (Å²) in [4.78, 5) is 14.6. The summed E-state index contributed by atoms with van der Waals surface area (Å²) in [6, 6.07) is 8.41. The van der Waals surface area contributed by atoms with Crippen molar-refractivity contribution in [1.29, 1.82) is 0 Å². The molecule has 1 heterocycles. The maximum Gasteiger partial charge on any atom is 0.223 e. The predicted octanol–water partition coefficient (Wildman–Crippen LogP) is 2.99. The molecule has 0 aromatic heterocycles. The molecule has 3 heteroatoms. The van der Waals surface area contributed by atoms with E-state index in [4.69, 9.17) is 5.73 Å². The van der Waals surface area contributed by atoms with Crippen LogP contribution in [0.3, 0.4) is 0 Å². The Hall–Kier alpha value is -1.51. The van der Waals surface area contributed by atoms with Gasteiger partial charge in [-0.1, -0.05) is 25.0 Å². The number of amides is 1. The highest BCUT2D eigenvalue weighted by Gasteiger charge is 2.37. The van der Waals surface area contributed by atoms with Gasteiger partial charge in [-0.3, -0.25) is 4.79 Å². The van der Waals surface area contributed by atoms with Crippen LogP contribution in [-0.4, -0.2) is 23.4 Å². The van der Waals surface area contributed by atoms with E-state index in [2.05, 4.69) is 11.0 Å². The third-order valence-corrected chi connectivity index (χ3v) is 4.91. The summed E-state index contributed by atoms with van der Waals surface area (Å²) in [5.74, 6) is 1.11. The van der Waals surface area contributed by atoms with E-state index in [1.54, 1.807) is 0 Å². The van der Waals surface area contributed by atoms with E-state index in [1.165, 1.54) is 32.1 Å². The summed E-state index contributed by atoms with van der Waals surface area (Å²) in [7, 11) is 0. The second-order valence-electron chi connectivity index (χ2n) is 6.23. The number of nitrogens with two attached hydrogens (primary N) is 1. The van der Waals surface area contributed by atoms with Gasteiger partial charge in [0.2, 0.25) is 5.91 Å². The maximum atomic E-state index is 12.5. The van der Waals surface area contributed by atoms with Gasteiger partial charge in [-0.15, -0.1) is 0 Å². The molecular formula is C17H24N2O. The summed E-state index contributed by atoms with van der Waals surface area (Å²) >= 11 is 0. The molecule has 0 spiro atoms. The molecule has 1 aliphatic heterocycles. The molecule has 2 aliphatic rings. The van der Waals surface area contributed by atoms with E-state index in [-0.39, 0.29) is 0 Å². The summed E-state index contributed by atoms with van der Waals surface area (Å²) in [5.41, 5.74) is 7.72. The summed E-state index contributed by atoms with van der Waals surface area (Å²) in [6.07, 6.45) is 7.82. The number of carbonyl (C=O) groups is 1. The van der Waals surface area contributed by atoms with Gasteiger partial charge in [0, 0.05) is 24.7 Å². The summed E-state index contributed by atoms with van der Waals surface area (Å²) in [5, 5.41) is 0. The van der Waals surface area contributed by atoms with Crippen LogP contribution in [-0.2, 0) is 11.2 Å². The van der Waals surface area contributed by atoms with Crippen molar-refractivity contribution in [2.75, 3.05) is 12.3 Å². The fraction of sp³-hybridized carbons (Fsp3) is 0.588. The first kappa shape index (κ1) is 13.5. The Balaban J connectivity index is 1.57. The number of hydrogen-bond donors (Lipinski definition) is 1. The molecule has 1 aromatic rings. The molecule has 3 nitrogen and oxygen atoms in total. The third kappa shape index (κ3) is 2.82. The molecule has 0 bridgehead atoms. The van der Waals surface area contributed by atoms with Crippen LogP contribution < -0.4 is 5.73 Å². The lowest BCUT2D eigenvalue weighted by Crippen LogP contribution is -2.39. The van der Waals surface area contributed by atoms with E-state index in [0.29, 0.717) is 18.4 Å². The molecule has 1 saturated heterocycles. The Labute approximate surface area is 121 Å². The van der Waals surface area contributed by atoms with Crippen molar-refractivity contribution in [2.45, 2.75) is 51.0 Å². The average molecular weight is 272 g/mol. The van der Waals surface area contributed by atoms with Crippen LogP contribution in [0.5, 0.6) is 0 Å². The Bertz CT molecular complexity index is 486. The molecule has 2 unspecified atom stereocenters. The first-order valence-electron chi connectivity index (χ1n) is 7.88. The van der Waals surface area contributed by atoms with Crippen molar-refractivity contribution in [3.05, 3.63) is 29.8 Å². The molecule has 20 heavy (non-hydrogen) atoms. The summed E-state index contributed by atoms with van der Waals surface area (Å²) < 4.78 is 0. The van der Waals surface area contributed by atoms with Crippen molar-refractivity contribution >= 4 is 11.6 Å². The van der Waals surface area contributed by atoms with Crippen LogP contribution in [0.2, 0.25) is 0 Å². The summed E-state index contributed by atoms with van der Waals surface area (Å²) in [6.45, 7) is 0.977. The van der Waals surface area contributed by atoms with Gasteiger partial charge >= 0.3 is 0 Å². The van der Waals surface area contributed by atoms with Crippen LogP contribution in [0, 0.1) is 5.92 Å². The quantitative estimate of drug-likeness (QED) is 0.860. The minimum atomic E-state index is 0.335. The van der Waals surface area contributed by atoms with Crippen LogP contribution in [0.25, 0.3) is 0 Å². The highest BCUT2D eigenvalue weighted by molar-refractivity contribution is 5.77. The number of hydrogen-bond acceptors (Lipinski definition) is 2. The van der Waals surface area contributed by atoms with E-state index in [0.717, 1.165) is 30.1 Å². The van der Waals surface area contributed by atoms with Crippen LogP contribution >= 0.6 is 0 Å². The number of carbonyl (C=O) groups excluding carboxylic acids is 1. The average Bonchev–Trinajstić information content (AvgIpc) is 2.89. The van der Waals surface area contributed by atoms with Crippen LogP contribution in [0.4, 0.5) is 5.69 Å². The zero-order valence-corrected chi connectivity index (χ0v) is 12.1. The molecule has 2 atom stereocenters. The number of aryl methyl sites for hydroxylation is 1. The van der Waals surface area contributed by atoms with Gasteiger partial charge in [0.05, 0.1) is 0 Å². The third-order valence-electron chi connectivity index (χ3n) is 4.91. The van der Waals surface area contributed by atoms with Gasteiger partial charge in [0.15, 0.2) is 0 Å². The van der Waals surface area contributed by atoms with E-state index < -0.39 is 0 Å². The first-order chi connectivity index (χ1) is 9.74. The lowest BCUT2D eigenvalue weighted by molar-refractivity contribution is -0.132. The maximum absolute atomic E-state index is 12.5. The number of rotatable bonds is 3. The lowest BCUT2D eigenvalue weighted by atomic mass is 9.85. The number of fused-ring (bicyclic) bond motifs is 1. The molecule has 2 N–H and O–H groups in total. The Morgan fingerprint density at radius 3 is 2.95 bits per heavy atom. The van der Waals surface area contributed by atoms with E-state index >= 15 is 0 Å². The minimum absolute atomic E-state index is 0.335.